The second-order valence-electron chi connectivity index (χ2n) is 10.0. The lowest BCUT2D eigenvalue weighted by atomic mass is 9.79. The average Bonchev–Trinajstić information content (AvgIpc) is 3.02. The quantitative estimate of drug-likeness (QED) is 0.432. The Morgan fingerprint density at radius 2 is 1.76 bits per heavy atom. The molecule has 1 heterocycles. The van der Waals surface area contributed by atoms with Crippen LogP contribution in [-0.2, 0) is 0 Å². The number of hydrogen-bond donors (Lipinski definition) is 1. The minimum atomic E-state index is -0.216. The van der Waals surface area contributed by atoms with Crippen LogP contribution in [0.25, 0.3) is 6.08 Å². The van der Waals surface area contributed by atoms with Crippen LogP contribution in [0.5, 0.6) is 0 Å². The van der Waals surface area contributed by atoms with Gasteiger partial charge in [0.1, 0.15) is 11.4 Å². The van der Waals surface area contributed by atoms with Crippen LogP contribution in [0.1, 0.15) is 58.4 Å². The van der Waals surface area contributed by atoms with E-state index in [0.29, 0.717) is 10.0 Å². The summed E-state index contributed by atoms with van der Waals surface area (Å²) in [6, 6.07) is 16.0. The highest BCUT2D eigenvalue weighted by atomic mass is 35.5. The molecule has 174 valence electrons. The Hall–Kier alpha value is -1.88. The lowest BCUT2D eigenvalue weighted by Gasteiger charge is -2.41. The Kier molecular flexibility index (Phi) is 7.18. The van der Waals surface area contributed by atoms with E-state index in [1.165, 1.54) is 19.3 Å². The maximum absolute atomic E-state index is 6.41. The number of nitrogens with zero attached hydrogens (tertiary/aromatic N) is 2. The number of thiocarbonyl (C=S) groups is 1. The molecule has 1 saturated carbocycles. The van der Waals surface area contributed by atoms with Gasteiger partial charge in [0.05, 0.1) is 6.04 Å². The third-order valence-corrected chi connectivity index (χ3v) is 7.42. The van der Waals surface area contributed by atoms with Crippen molar-refractivity contribution in [3.8, 4) is 0 Å². The second-order valence-corrected chi connectivity index (χ2v) is 11.2. The monoisotopic (exact) mass is 499 g/mol. The molecule has 1 saturated heterocycles. The standard InChI is InChI=1S/C27H31Cl2N3S/c1-26(2,3)23(15-13-19-12-14-20(28)18-22(19)29)30-24-27(16-8-5-9-17-27)32(25(33)31-24)21-10-6-4-7-11-21/h4,6-7,10-15,18,23H,5,8-9,16-17H2,1-3H3,(H,30,31,33)/b15-13+. The maximum atomic E-state index is 6.41. The molecule has 0 amide bonds. The molecular weight excluding hydrogens is 469 g/mol. The van der Waals surface area contributed by atoms with Crippen LogP contribution < -0.4 is 10.2 Å². The first-order valence-corrected chi connectivity index (χ1v) is 12.7. The van der Waals surface area contributed by atoms with Crippen molar-refractivity contribution >= 4 is 58.1 Å². The Morgan fingerprint density at radius 1 is 1.06 bits per heavy atom. The third-order valence-electron chi connectivity index (χ3n) is 6.57. The summed E-state index contributed by atoms with van der Waals surface area (Å²) in [4.78, 5) is 7.64. The summed E-state index contributed by atoms with van der Waals surface area (Å²) >= 11 is 18.3. The fourth-order valence-corrected chi connectivity index (χ4v) is 5.61. The molecule has 6 heteroatoms. The Balaban J connectivity index is 1.74. The zero-order valence-corrected chi connectivity index (χ0v) is 21.8. The molecule has 1 N–H and O–H groups in total. The van der Waals surface area contributed by atoms with E-state index in [1.54, 1.807) is 6.07 Å². The summed E-state index contributed by atoms with van der Waals surface area (Å²) in [6.45, 7) is 6.64. The van der Waals surface area contributed by atoms with Crippen LogP contribution in [0.15, 0.2) is 59.6 Å². The van der Waals surface area contributed by atoms with Gasteiger partial charge in [0.25, 0.3) is 0 Å². The van der Waals surface area contributed by atoms with Crippen molar-refractivity contribution in [2.24, 2.45) is 10.4 Å². The van der Waals surface area contributed by atoms with E-state index in [-0.39, 0.29) is 17.0 Å². The minimum absolute atomic E-state index is 0.0518. The second kappa shape index (κ2) is 9.77. The molecule has 0 bridgehead atoms. The van der Waals surface area contributed by atoms with Gasteiger partial charge >= 0.3 is 0 Å². The Morgan fingerprint density at radius 3 is 2.39 bits per heavy atom. The molecule has 1 aliphatic carbocycles. The topological polar surface area (TPSA) is 27.6 Å². The lowest BCUT2D eigenvalue weighted by molar-refractivity contribution is 0.357. The molecular formula is C27H31Cl2N3S. The normalized spacial score (nSPS) is 20.6. The largest absolute Gasteiger partial charge is 0.319 e. The van der Waals surface area contributed by atoms with Gasteiger partial charge in [-0.15, -0.1) is 0 Å². The first kappa shape index (κ1) is 24.3. The van der Waals surface area contributed by atoms with Crippen LogP contribution in [0.4, 0.5) is 5.69 Å². The van der Waals surface area contributed by atoms with Gasteiger partial charge < -0.3 is 10.2 Å². The molecule has 2 fully saturated rings. The summed E-state index contributed by atoms with van der Waals surface area (Å²) in [7, 11) is 0. The number of hydrogen-bond acceptors (Lipinski definition) is 2. The molecule has 2 aromatic rings. The zero-order valence-electron chi connectivity index (χ0n) is 19.4. The smallest absolute Gasteiger partial charge is 0.179 e. The maximum Gasteiger partial charge on any atom is 0.179 e. The predicted octanol–water partition coefficient (Wildman–Crippen LogP) is 7.92. The number of rotatable bonds is 4. The van der Waals surface area contributed by atoms with Crippen molar-refractivity contribution in [1.82, 2.24) is 5.32 Å². The summed E-state index contributed by atoms with van der Waals surface area (Å²) in [5, 5.41) is 5.52. The van der Waals surface area contributed by atoms with Crippen LogP contribution >= 0.6 is 35.4 Å². The summed E-state index contributed by atoms with van der Waals surface area (Å²) in [5.74, 6) is 0.989. The van der Waals surface area contributed by atoms with Gasteiger partial charge in [-0.05, 0) is 60.3 Å². The van der Waals surface area contributed by atoms with Gasteiger partial charge in [-0.2, -0.15) is 0 Å². The van der Waals surface area contributed by atoms with Crippen molar-refractivity contribution in [3.63, 3.8) is 0 Å². The lowest BCUT2D eigenvalue weighted by Crippen LogP contribution is -2.51. The van der Waals surface area contributed by atoms with Crippen LogP contribution in [0.2, 0.25) is 10.0 Å². The molecule has 2 aliphatic rings. The van der Waals surface area contributed by atoms with E-state index >= 15 is 0 Å². The van der Waals surface area contributed by atoms with Gasteiger partial charge in [-0.25, -0.2) is 0 Å². The molecule has 1 aliphatic heterocycles. The highest BCUT2D eigenvalue weighted by Gasteiger charge is 2.50. The summed E-state index contributed by atoms with van der Waals surface area (Å²) in [6.07, 6.45) is 9.87. The molecule has 1 atom stereocenters. The average molecular weight is 501 g/mol. The number of benzene rings is 2. The number of anilines is 1. The number of halogens is 2. The molecule has 4 rings (SSSR count). The molecule has 3 nitrogen and oxygen atoms in total. The van der Waals surface area contributed by atoms with Crippen molar-refractivity contribution < 1.29 is 0 Å². The van der Waals surface area contributed by atoms with E-state index in [9.17, 15) is 0 Å². The Bertz CT molecular complexity index is 1070. The third kappa shape index (κ3) is 5.13. The van der Waals surface area contributed by atoms with Gasteiger partial charge in [-0.3, -0.25) is 4.99 Å². The predicted molar refractivity (Wildman–Crippen MR) is 147 cm³/mol. The number of amidine groups is 1. The van der Waals surface area contributed by atoms with Crippen molar-refractivity contribution in [3.05, 3.63) is 70.2 Å². The highest BCUT2D eigenvalue weighted by Crippen LogP contribution is 2.41. The van der Waals surface area contributed by atoms with Crippen molar-refractivity contribution in [2.45, 2.75) is 64.5 Å². The van der Waals surface area contributed by atoms with Crippen LogP contribution in [0, 0.1) is 5.41 Å². The van der Waals surface area contributed by atoms with Crippen molar-refractivity contribution in [2.75, 3.05) is 4.90 Å². The van der Waals surface area contributed by atoms with E-state index in [2.05, 4.69) is 67.4 Å². The van der Waals surface area contributed by atoms with E-state index in [4.69, 9.17) is 40.4 Å². The minimum Gasteiger partial charge on any atom is -0.319 e. The fourth-order valence-electron chi connectivity index (χ4n) is 4.76. The number of nitrogens with one attached hydrogen (secondary N) is 1. The van der Waals surface area contributed by atoms with E-state index in [0.717, 1.165) is 35.0 Å². The highest BCUT2D eigenvalue weighted by molar-refractivity contribution is 7.80. The molecule has 2 aromatic carbocycles. The SMILES string of the molecule is CC(C)(C)C(/C=C/c1ccc(Cl)cc1Cl)N=C1NC(=S)N(c2ccccc2)C12CCCCC2. The number of para-hydroxylation sites is 1. The van der Waals surface area contributed by atoms with Gasteiger partial charge in [-0.1, -0.05) is 99.7 Å². The van der Waals surface area contributed by atoms with Crippen molar-refractivity contribution in [1.29, 1.82) is 0 Å². The van der Waals surface area contributed by atoms with Crippen LogP contribution in [-0.4, -0.2) is 22.5 Å². The fraction of sp³-hybridized carbons (Fsp3) is 0.407. The molecule has 1 spiro atoms. The van der Waals surface area contributed by atoms with Gasteiger partial charge in [0.2, 0.25) is 0 Å². The van der Waals surface area contributed by atoms with Crippen LogP contribution in [0.3, 0.4) is 0 Å². The molecule has 0 radical (unpaired) electrons. The van der Waals surface area contributed by atoms with E-state index < -0.39 is 0 Å². The van der Waals surface area contributed by atoms with Gasteiger partial charge in [0.15, 0.2) is 5.11 Å². The molecule has 33 heavy (non-hydrogen) atoms. The summed E-state index contributed by atoms with van der Waals surface area (Å²) < 4.78 is 0. The Labute approximate surface area is 212 Å². The van der Waals surface area contributed by atoms with Gasteiger partial charge in [0, 0.05) is 15.7 Å². The molecule has 0 aromatic heterocycles. The molecule has 1 unspecified atom stereocenters. The summed E-state index contributed by atoms with van der Waals surface area (Å²) in [5.41, 5.74) is 1.76. The zero-order chi connectivity index (χ0) is 23.6. The number of aliphatic imine (C=N–C) groups is 1. The first-order valence-electron chi connectivity index (χ1n) is 11.6. The van der Waals surface area contributed by atoms with E-state index in [1.807, 2.05) is 18.2 Å². The first-order chi connectivity index (χ1) is 15.7.